The van der Waals surface area contributed by atoms with Gasteiger partial charge in [0, 0.05) is 37.6 Å². The van der Waals surface area contributed by atoms with Gasteiger partial charge in [-0.1, -0.05) is 48.5 Å². The highest BCUT2D eigenvalue weighted by Gasteiger charge is 2.32. The zero-order valence-corrected chi connectivity index (χ0v) is 20.2. The van der Waals surface area contributed by atoms with Crippen molar-refractivity contribution in [1.29, 1.82) is 0 Å². The van der Waals surface area contributed by atoms with Crippen molar-refractivity contribution in [3.05, 3.63) is 108 Å². The van der Waals surface area contributed by atoms with E-state index in [0.717, 1.165) is 17.7 Å². The second kappa shape index (κ2) is 9.76. The number of anilines is 1. The summed E-state index contributed by atoms with van der Waals surface area (Å²) in [6.07, 6.45) is -4.41. The van der Waals surface area contributed by atoms with Gasteiger partial charge in [-0.05, 0) is 48.9 Å². The van der Waals surface area contributed by atoms with Gasteiger partial charge in [-0.15, -0.1) is 0 Å². The zero-order chi connectivity index (χ0) is 26.2. The summed E-state index contributed by atoms with van der Waals surface area (Å²) in [5.41, 5.74) is 2.78. The Morgan fingerprint density at radius 1 is 0.811 bits per heavy atom. The number of para-hydroxylation sites is 1. The van der Waals surface area contributed by atoms with Crippen LogP contribution >= 0.6 is 0 Å². The van der Waals surface area contributed by atoms with Gasteiger partial charge in [-0.2, -0.15) is 13.2 Å². The lowest BCUT2D eigenvalue weighted by Gasteiger charge is -2.36. The van der Waals surface area contributed by atoms with Crippen molar-refractivity contribution in [2.24, 2.45) is 0 Å². The van der Waals surface area contributed by atoms with Gasteiger partial charge in [0.05, 0.1) is 22.5 Å². The van der Waals surface area contributed by atoms with Crippen molar-refractivity contribution in [2.75, 3.05) is 31.1 Å². The maximum Gasteiger partial charge on any atom is 0.416 e. The van der Waals surface area contributed by atoms with Crippen LogP contribution in [0.15, 0.2) is 84.9 Å². The van der Waals surface area contributed by atoms with Gasteiger partial charge in [-0.25, -0.2) is 4.39 Å². The first-order valence-electron chi connectivity index (χ1n) is 12.0. The average Bonchev–Trinajstić information content (AvgIpc) is 3.25. The lowest BCUT2D eigenvalue weighted by Crippen LogP contribution is -2.49. The van der Waals surface area contributed by atoms with Crippen LogP contribution in [0, 0.1) is 12.7 Å². The molecule has 0 spiro atoms. The predicted molar refractivity (Wildman–Crippen MR) is 135 cm³/mol. The van der Waals surface area contributed by atoms with Crippen LogP contribution < -0.4 is 4.90 Å². The van der Waals surface area contributed by atoms with E-state index < -0.39 is 17.6 Å². The van der Waals surface area contributed by atoms with Crippen molar-refractivity contribution >= 4 is 11.6 Å². The molecule has 4 aromatic rings. The quantitative estimate of drug-likeness (QED) is 0.292. The van der Waals surface area contributed by atoms with Crippen molar-refractivity contribution in [1.82, 2.24) is 9.47 Å². The van der Waals surface area contributed by atoms with E-state index in [0.29, 0.717) is 54.5 Å². The van der Waals surface area contributed by atoms with Gasteiger partial charge in [-0.3, -0.25) is 4.79 Å². The molecular formula is C29H25F4N3O. The molecule has 0 aliphatic carbocycles. The lowest BCUT2D eigenvalue weighted by molar-refractivity contribution is -0.137. The fraction of sp³-hybridized carbons (Fsp3) is 0.207. The summed E-state index contributed by atoms with van der Waals surface area (Å²) in [5, 5.41) is 0. The SMILES string of the molecule is Cc1c(C(=O)N2CCN(c3cccc(C(F)(F)F)c3)CC2)cc(-c2ccccc2)n1-c1ccccc1F. The molecule has 1 amide bonds. The van der Waals surface area contributed by atoms with Crippen LogP contribution in [-0.2, 0) is 6.18 Å². The number of halogens is 4. The van der Waals surface area contributed by atoms with Crippen LogP contribution in [0.5, 0.6) is 0 Å². The molecule has 3 aromatic carbocycles. The number of hydrogen-bond donors (Lipinski definition) is 0. The molecular weight excluding hydrogens is 482 g/mol. The average molecular weight is 508 g/mol. The molecule has 1 saturated heterocycles. The Balaban J connectivity index is 1.42. The minimum Gasteiger partial charge on any atom is -0.368 e. The van der Waals surface area contributed by atoms with Crippen LogP contribution in [0.25, 0.3) is 16.9 Å². The van der Waals surface area contributed by atoms with Crippen molar-refractivity contribution in [3.8, 4) is 16.9 Å². The third-order valence-corrected chi connectivity index (χ3v) is 6.75. The Morgan fingerprint density at radius 3 is 2.16 bits per heavy atom. The van der Waals surface area contributed by atoms with Gasteiger partial charge >= 0.3 is 6.18 Å². The van der Waals surface area contributed by atoms with Crippen molar-refractivity contribution in [3.63, 3.8) is 0 Å². The lowest BCUT2D eigenvalue weighted by atomic mass is 10.1. The Morgan fingerprint density at radius 2 is 1.49 bits per heavy atom. The number of nitrogens with zero attached hydrogens (tertiary/aromatic N) is 3. The number of carbonyl (C=O) groups excluding carboxylic acids is 1. The van der Waals surface area contributed by atoms with Crippen LogP contribution in [0.3, 0.4) is 0 Å². The van der Waals surface area contributed by atoms with E-state index in [1.807, 2.05) is 35.2 Å². The normalized spacial score (nSPS) is 14.2. The molecule has 0 bridgehead atoms. The molecule has 4 nitrogen and oxygen atoms in total. The van der Waals surface area contributed by atoms with Gasteiger partial charge < -0.3 is 14.4 Å². The molecule has 0 atom stereocenters. The van der Waals surface area contributed by atoms with Gasteiger partial charge in [0.25, 0.3) is 5.91 Å². The molecule has 0 saturated carbocycles. The number of rotatable bonds is 4. The summed E-state index contributed by atoms with van der Waals surface area (Å²) in [6.45, 7) is 3.34. The minimum absolute atomic E-state index is 0.187. The van der Waals surface area contributed by atoms with Crippen LogP contribution in [0.2, 0.25) is 0 Å². The van der Waals surface area contributed by atoms with E-state index >= 15 is 0 Å². The highest BCUT2D eigenvalue weighted by atomic mass is 19.4. The van der Waals surface area contributed by atoms with E-state index in [-0.39, 0.29) is 5.91 Å². The third kappa shape index (κ3) is 4.83. The smallest absolute Gasteiger partial charge is 0.368 e. The Hall–Kier alpha value is -4.07. The van der Waals surface area contributed by atoms with E-state index in [1.165, 1.54) is 12.1 Å². The first-order chi connectivity index (χ1) is 17.7. The van der Waals surface area contributed by atoms with Gasteiger partial charge in [0.2, 0.25) is 0 Å². The molecule has 2 heterocycles. The summed E-state index contributed by atoms with van der Waals surface area (Å²) >= 11 is 0. The minimum atomic E-state index is -4.41. The summed E-state index contributed by atoms with van der Waals surface area (Å²) < 4.78 is 56.0. The molecule has 0 N–H and O–H groups in total. The number of carbonyl (C=O) groups is 1. The molecule has 8 heteroatoms. The molecule has 190 valence electrons. The van der Waals surface area contributed by atoms with E-state index in [1.54, 1.807) is 46.7 Å². The second-order valence-corrected chi connectivity index (χ2v) is 9.01. The van der Waals surface area contributed by atoms with E-state index in [4.69, 9.17) is 0 Å². The van der Waals surface area contributed by atoms with E-state index in [2.05, 4.69) is 0 Å². The largest absolute Gasteiger partial charge is 0.416 e. The fourth-order valence-electron chi connectivity index (χ4n) is 4.81. The first kappa shape index (κ1) is 24.6. The molecule has 0 radical (unpaired) electrons. The summed E-state index contributed by atoms with van der Waals surface area (Å²) in [7, 11) is 0. The maximum absolute atomic E-state index is 14.8. The molecule has 1 aromatic heterocycles. The highest BCUT2D eigenvalue weighted by molar-refractivity contribution is 5.97. The molecule has 1 aliphatic rings. The number of benzene rings is 3. The number of alkyl halides is 3. The molecule has 37 heavy (non-hydrogen) atoms. The number of amides is 1. The summed E-state index contributed by atoms with van der Waals surface area (Å²) in [4.78, 5) is 17.2. The molecule has 5 rings (SSSR count). The standard InChI is InChI=1S/C29H25F4N3O/c1-20-24(19-27(21-8-3-2-4-9-21)36(20)26-13-6-5-12-25(26)30)28(37)35-16-14-34(15-17-35)23-11-7-10-22(18-23)29(31,32)33/h2-13,18-19H,14-17H2,1H3. The topological polar surface area (TPSA) is 28.5 Å². The number of piperazine rings is 1. The molecule has 1 aliphatic heterocycles. The van der Waals surface area contributed by atoms with Gasteiger partial charge in [0.1, 0.15) is 5.82 Å². The van der Waals surface area contributed by atoms with Crippen LogP contribution in [0.4, 0.5) is 23.2 Å². The Bertz CT molecular complexity index is 1420. The predicted octanol–water partition coefficient (Wildman–Crippen LogP) is 6.57. The fourth-order valence-corrected chi connectivity index (χ4v) is 4.81. The van der Waals surface area contributed by atoms with Crippen molar-refractivity contribution < 1.29 is 22.4 Å². The van der Waals surface area contributed by atoms with Crippen LogP contribution in [-0.4, -0.2) is 41.6 Å². The Labute approximate surface area is 212 Å². The first-order valence-corrected chi connectivity index (χ1v) is 12.0. The molecule has 1 fully saturated rings. The monoisotopic (exact) mass is 507 g/mol. The Kier molecular flexibility index (Phi) is 6.50. The zero-order valence-electron chi connectivity index (χ0n) is 20.2. The third-order valence-electron chi connectivity index (χ3n) is 6.75. The van der Waals surface area contributed by atoms with Crippen molar-refractivity contribution in [2.45, 2.75) is 13.1 Å². The number of hydrogen-bond acceptors (Lipinski definition) is 2. The maximum atomic E-state index is 14.8. The van der Waals surface area contributed by atoms with E-state index in [9.17, 15) is 22.4 Å². The second-order valence-electron chi connectivity index (χ2n) is 9.01. The highest BCUT2D eigenvalue weighted by Crippen LogP contribution is 2.33. The molecule has 0 unspecified atom stereocenters. The van der Waals surface area contributed by atoms with Gasteiger partial charge in [0.15, 0.2) is 0 Å². The van der Waals surface area contributed by atoms with Crippen LogP contribution in [0.1, 0.15) is 21.6 Å². The summed E-state index contributed by atoms with van der Waals surface area (Å²) in [6, 6.07) is 23.0. The summed E-state index contributed by atoms with van der Waals surface area (Å²) in [5.74, 6) is -0.583. The number of aromatic nitrogens is 1.